The first kappa shape index (κ1) is 6.09. The molecule has 3 nitrogen and oxygen atoms in total. The Bertz CT molecular complexity index is 166. The molecule has 0 radical (unpaired) electrons. The average molecular weight is 156 g/mol. The summed E-state index contributed by atoms with van der Waals surface area (Å²) >= 11 is 4.95. The van der Waals surface area contributed by atoms with E-state index < -0.39 is 0 Å². The smallest absolute Gasteiger partial charge is 0.222 e. The van der Waals surface area contributed by atoms with Crippen LogP contribution in [0.4, 0.5) is 0 Å². The van der Waals surface area contributed by atoms with Crippen LogP contribution in [-0.4, -0.2) is 17.1 Å². The summed E-state index contributed by atoms with van der Waals surface area (Å²) in [6.45, 7) is 0. The van der Waals surface area contributed by atoms with Gasteiger partial charge in [-0.05, 0) is 0 Å². The molecule has 0 bridgehead atoms. The van der Waals surface area contributed by atoms with Gasteiger partial charge in [-0.3, -0.25) is 4.79 Å². The molecule has 10 heavy (non-hydrogen) atoms. The van der Waals surface area contributed by atoms with Gasteiger partial charge in [0.25, 0.3) is 0 Å². The molecule has 2 aliphatic heterocycles. The van der Waals surface area contributed by atoms with E-state index in [0.717, 1.165) is 11.4 Å². The van der Waals surface area contributed by atoms with Crippen LogP contribution >= 0.6 is 12.2 Å². The minimum Gasteiger partial charge on any atom is -0.360 e. The summed E-state index contributed by atoms with van der Waals surface area (Å²) in [5.74, 6) is 0.560. The van der Waals surface area contributed by atoms with Gasteiger partial charge in [-0.25, -0.2) is 0 Å². The highest BCUT2D eigenvalue weighted by Gasteiger charge is 2.37. The van der Waals surface area contributed by atoms with E-state index in [-0.39, 0.29) is 12.1 Å². The Hall–Kier alpha value is -0.640. The molecule has 2 saturated heterocycles. The van der Waals surface area contributed by atoms with Crippen molar-refractivity contribution in [3.05, 3.63) is 0 Å². The van der Waals surface area contributed by atoms with E-state index in [1.165, 1.54) is 0 Å². The molecule has 0 aromatic carbocycles. The molecule has 2 unspecified atom stereocenters. The highest BCUT2D eigenvalue weighted by atomic mass is 32.1. The summed E-state index contributed by atoms with van der Waals surface area (Å²) in [7, 11) is 0. The molecule has 54 valence electrons. The topological polar surface area (TPSA) is 41.1 Å². The van der Waals surface area contributed by atoms with Gasteiger partial charge in [0, 0.05) is 18.8 Å². The van der Waals surface area contributed by atoms with Crippen molar-refractivity contribution in [2.75, 3.05) is 0 Å². The van der Waals surface area contributed by atoms with E-state index in [2.05, 4.69) is 10.6 Å². The van der Waals surface area contributed by atoms with Crippen molar-refractivity contribution >= 4 is 23.1 Å². The van der Waals surface area contributed by atoms with Crippen molar-refractivity contribution < 1.29 is 4.79 Å². The number of carbonyl (C=O) groups is 1. The fourth-order valence-electron chi connectivity index (χ4n) is 1.52. The fourth-order valence-corrected chi connectivity index (χ4v) is 1.86. The number of amides is 1. The molecule has 0 spiro atoms. The van der Waals surface area contributed by atoms with Gasteiger partial charge in [0.2, 0.25) is 5.91 Å². The van der Waals surface area contributed by atoms with Gasteiger partial charge in [0.15, 0.2) is 0 Å². The number of hydrogen-bond acceptors (Lipinski definition) is 2. The second kappa shape index (κ2) is 1.92. The van der Waals surface area contributed by atoms with Crippen molar-refractivity contribution in [1.82, 2.24) is 10.6 Å². The first-order chi connectivity index (χ1) is 4.75. The van der Waals surface area contributed by atoms with Crippen molar-refractivity contribution in [2.24, 2.45) is 5.92 Å². The normalized spacial score (nSPS) is 37.2. The van der Waals surface area contributed by atoms with E-state index in [1.54, 1.807) is 0 Å². The van der Waals surface area contributed by atoms with Gasteiger partial charge in [0.05, 0.1) is 4.99 Å². The van der Waals surface area contributed by atoms with Crippen molar-refractivity contribution in [3.8, 4) is 0 Å². The predicted molar refractivity (Wildman–Crippen MR) is 40.4 cm³/mol. The summed E-state index contributed by atoms with van der Waals surface area (Å²) in [6, 6.07) is 0. The third-order valence-corrected chi connectivity index (χ3v) is 2.28. The van der Waals surface area contributed by atoms with Crippen LogP contribution in [0.5, 0.6) is 0 Å². The number of carbonyl (C=O) groups excluding carboxylic acids is 1. The summed E-state index contributed by atoms with van der Waals surface area (Å²) in [6.07, 6.45) is 1.65. The van der Waals surface area contributed by atoms with Crippen molar-refractivity contribution in [1.29, 1.82) is 0 Å². The summed E-state index contributed by atoms with van der Waals surface area (Å²) in [5.41, 5.74) is 0. The molecular weight excluding hydrogens is 148 g/mol. The summed E-state index contributed by atoms with van der Waals surface area (Å²) in [5, 5.41) is 5.85. The summed E-state index contributed by atoms with van der Waals surface area (Å²) in [4.78, 5) is 11.7. The molecule has 2 fully saturated rings. The van der Waals surface area contributed by atoms with Crippen LogP contribution in [0, 0.1) is 5.92 Å². The highest BCUT2D eigenvalue weighted by molar-refractivity contribution is 7.80. The SMILES string of the molecule is O=C1CC2CC(=S)NC2N1. The monoisotopic (exact) mass is 156 g/mol. The van der Waals surface area contributed by atoms with E-state index in [0.29, 0.717) is 12.3 Å². The van der Waals surface area contributed by atoms with E-state index >= 15 is 0 Å². The second-order valence-corrected chi connectivity index (χ2v) is 3.27. The lowest BCUT2D eigenvalue weighted by Crippen LogP contribution is -2.38. The van der Waals surface area contributed by atoms with Gasteiger partial charge in [-0.1, -0.05) is 12.2 Å². The van der Waals surface area contributed by atoms with E-state index in [9.17, 15) is 4.79 Å². The first-order valence-corrected chi connectivity index (χ1v) is 3.75. The average Bonchev–Trinajstić information content (AvgIpc) is 2.21. The molecule has 1 amide bonds. The molecule has 2 rings (SSSR count). The van der Waals surface area contributed by atoms with Gasteiger partial charge in [0.1, 0.15) is 6.17 Å². The zero-order valence-electron chi connectivity index (χ0n) is 5.39. The number of nitrogens with one attached hydrogen (secondary N) is 2. The molecule has 0 saturated carbocycles. The molecule has 0 aromatic rings. The third-order valence-electron chi connectivity index (χ3n) is 2.00. The van der Waals surface area contributed by atoms with Crippen LogP contribution in [0.2, 0.25) is 0 Å². The Labute approximate surface area is 64.2 Å². The van der Waals surface area contributed by atoms with Crippen LogP contribution in [-0.2, 0) is 4.79 Å². The minimum atomic E-state index is 0.139. The maximum Gasteiger partial charge on any atom is 0.222 e. The number of thiocarbonyl (C=S) groups is 1. The molecule has 4 heteroatoms. The van der Waals surface area contributed by atoms with Gasteiger partial charge < -0.3 is 10.6 Å². The zero-order valence-corrected chi connectivity index (χ0v) is 6.20. The van der Waals surface area contributed by atoms with Gasteiger partial charge in [-0.15, -0.1) is 0 Å². The Morgan fingerprint density at radius 1 is 1.40 bits per heavy atom. The van der Waals surface area contributed by atoms with Crippen molar-refractivity contribution in [2.45, 2.75) is 19.0 Å². The molecule has 2 atom stereocenters. The Balaban J connectivity index is 2.12. The zero-order chi connectivity index (χ0) is 7.14. The maximum absolute atomic E-state index is 10.8. The molecule has 2 N–H and O–H groups in total. The van der Waals surface area contributed by atoms with Crippen LogP contribution in [0.3, 0.4) is 0 Å². The van der Waals surface area contributed by atoms with Crippen LogP contribution in [0.15, 0.2) is 0 Å². The molecular formula is C6H8N2OS. The maximum atomic E-state index is 10.8. The standard InChI is InChI=1S/C6H8N2OS/c9-4-1-3-2-5(10)8-6(3)7-4/h3,6H,1-2H2,(H,7,9)(H,8,10). The number of rotatable bonds is 0. The Kier molecular flexibility index (Phi) is 1.17. The van der Waals surface area contributed by atoms with Crippen LogP contribution in [0.1, 0.15) is 12.8 Å². The lowest BCUT2D eigenvalue weighted by Gasteiger charge is -2.06. The Morgan fingerprint density at radius 2 is 2.20 bits per heavy atom. The summed E-state index contributed by atoms with van der Waals surface area (Å²) < 4.78 is 0. The molecule has 2 aliphatic rings. The number of fused-ring (bicyclic) bond motifs is 1. The first-order valence-electron chi connectivity index (χ1n) is 3.34. The largest absolute Gasteiger partial charge is 0.360 e. The fraction of sp³-hybridized carbons (Fsp3) is 0.667. The molecule has 0 aromatic heterocycles. The molecule has 2 heterocycles. The minimum absolute atomic E-state index is 0.139. The van der Waals surface area contributed by atoms with E-state index in [1.807, 2.05) is 0 Å². The quantitative estimate of drug-likeness (QED) is 0.476. The van der Waals surface area contributed by atoms with Crippen LogP contribution in [0.25, 0.3) is 0 Å². The predicted octanol–water partition coefficient (Wildman–Crippen LogP) is -0.231. The lowest BCUT2D eigenvalue weighted by atomic mass is 10.1. The van der Waals surface area contributed by atoms with Gasteiger partial charge >= 0.3 is 0 Å². The molecule has 0 aliphatic carbocycles. The second-order valence-electron chi connectivity index (χ2n) is 2.78. The number of hydrogen-bond donors (Lipinski definition) is 2. The third kappa shape index (κ3) is 0.794. The van der Waals surface area contributed by atoms with E-state index in [4.69, 9.17) is 12.2 Å². The Morgan fingerprint density at radius 3 is 2.90 bits per heavy atom. The van der Waals surface area contributed by atoms with Crippen LogP contribution < -0.4 is 10.6 Å². The van der Waals surface area contributed by atoms with Gasteiger partial charge in [-0.2, -0.15) is 0 Å². The lowest BCUT2D eigenvalue weighted by molar-refractivity contribution is -0.119. The van der Waals surface area contributed by atoms with Crippen molar-refractivity contribution in [3.63, 3.8) is 0 Å². The highest BCUT2D eigenvalue weighted by Crippen LogP contribution is 2.24.